The molecule has 0 unspecified atom stereocenters. The van der Waals surface area contributed by atoms with Crippen molar-refractivity contribution in [2.45, 2.75) is 38.0 Å². The zero-order chi connectivity index (χ0) is 15.3. The first kappa shape index (κ1) is 17.4. The first-order chi connectivity index (χ1) is 9.24. The van der Waals surface area contributed by atoms with Gasteiger partial charge in [-0.05, 0) is 40.4 Å². The SMILES string of the molecule is CC(C)CCCCNS(=O)(=O)c1cc(N)cc(Br)c1F. The Morgan fingerprint density at radius 2 is 2.00 bits per heavy atom. The predicted molar refractivity (Wildman–Crippen MR) is 82.4 cm³/mol. The quantitative estimate of drug-likeness (QED) is 0.574. The van der Waals surface area contributed by atoms with Crippen LogP contribution in [-0.2, 0) is 10.0 Å². The van der Waals surface area contributed by atoms with E-state index in [0.717, 1.165) is 25.3 Å². The van der Waals surface area contributed by atoms with Crippen LogP contribution < -0.4 is 10.5 Å². The maximum absolute atomic E-state index is 13.8. The van der Waals surface area contributed by atoms with Crippen LogP contribution in [0.2, 0.25) is 0 Å². The number of nitrogens with two attached hydrogens (primary N) is 1. The lowest BCUT2D eigenvalue weighted by Crippen LogP contribution is -2.26. The number of rotatable bonds is 7. The van der Waals surface area contributed by atoms with Crippen molar-refractivity contribution in [3.63, 3.8) is 0 Å². The summed E-state index contributed by atoms with van der Waals surface area (Å²) >= 11 is 2.95. The maximum Gasteiger partial charge on any atom is 0.243 e. The second-order valence-electron chi connectivity index (χ2n) is 5.10. The van der Waals surface area contributed by atoms with Gasteiger partial charge in [0.05, 0.1) is 4.47 Å². The molecule has 7 heteroatoms. The standard InChI is InChI=1S/C13H20BrFN2O2S/c1-9(2)5-3-4-6-17-20(18,19)12-8-10(16)7-11(14)13(12)15/h7-9,17H,3-6,16H2,1-2H3. The number of benzene rings is 1. The van der Waals surface area contributed by atoms with Gasteiger partial charge >= 0.3 is 0 Å². The summed E-state index contributed by atoms with van der Waals surface area (Å²) in [7, 11) is -3.87. The van der Waals surface area contributed by atoms with E-state index in [1.807, 2.05) is 0 Å². The molecular weight excluding hydrogens is 347 g/mol. The molecule has 0 fully saturated rings. The van der Waals surface area contributed by atoms with Gasteiger partial charge in [0.25, 0.3) is 0 Å². The van der Waals surface area contributed by atoms with Crippen LogP contribution in [0.25, 0.3) is 0 Å². The van der Waals surface area contributed by atoms with Gasteiger partial charge in [-0.25, -0.2) is 17.5 Å². The van der Waals surface area contributed by atoms with Crippen LogP contribution in [0, 0.1) is 11.7 Å². The Balaban J connectivity index is 2.70. The van der Waals surface area contributed by atoms with E-state index in [1.165, 1.54) is 6.07 Å². The van der Waals surface area contributed by atoms with Gasteiger partial charge in [-0.15, -0.1) is 0 Å². The molecule has 3 N–H and O–H groups in total. The Morgan fingerprint density at radius 1 is 1.35 bits per heavy atom. The largest absolute Gasteiger partial charge is 0.399 e. The van der Waals surface area contributed by atoms with E-state index >= 15 is 0 Å². The number of anilines is 1. The Kier molecular flexibility index (Phi) is 6.42. The molecule has 1 rings (SSSR count). The molecule has 20 heavy (non-hydrogen) atoms. The highest BCUT2D eigenvalue weighted by atomic mass is 79.9. The van der Waals surface area contributed by atoms with E-state index in [1.54, 1.807) is 0 Å². The van der Waals surface area contributed by atoms with Crippen LogP contribution in [-0.4, -0.2) is 15.0 Å². The minimum Gasteiger partial charge on any atom is -0.399 e. The predicted octanol–water partition coefficient (Wildman–Crippen LogP) is 3.28. The van der Waals surface area contributed by atoms with Crippen molar-refractivity contribution in [3.8, 4) is 0 Å². The smallest absolute Gasteiger partial charge is 0.243 e. The molecule has 1 aromatic carbocycles. The Morgan fingerprint density at radius 3 is 2.60 bits per heavy atom. The topological polar surface area (TPSA) is 72.2 Å². The molecule has 114 valence electrons. The Bertz CT molecular complexity index is 562. The molecule has 4 nitrogen and oxygen atoms in total. The number of hydrogen-bond acceptors (Lipinski definition) is 3. The van der Waals surface area contributed by atoms with Crippen molar-refractivity contribution < 1.29 is 12.8 Å². The molecule has 0 amide bonds. The van der Waals surface area contributed by atoms with Gasteiger partial charge in [-0.1, -0.05) is 26.7 Å². The molecule has 1 aromatic rings. The van der Waals surface area contributed by atoms with Gasteiger partial charge in [0, 0.05) is 12.2 Å². The summed E-state index contributed by atoms with van der Waals surface area (Å²) in [4.78, 5) is -0.423. The van der Waals surface area contributed by atoms with E-state index in [0.29, 0.717) is 12.5 Å². The summed E-state index contributed by atoms with van der Waals surface area (Å²) in [6, 6.07) is 2.45. The first-order valence-electron chi connectivity index (χ1n) is 6.48. The minimum atomic E-state index is -3.87. The lowest BCUT2D eigenvalue weighted by molar-refractivity contribution is 0.527. The van der Waals surface area contributed by atoms with E-state index in [2.05, 4.69) is 34.5 Å². The highest BCUT2D eigenvalue weighted by Gasteiger charge is 2.21. The van der Waals surface area contributed by atoms with Crippen LogP contribution in [0.15, 0.2) is 21.5 Å². The molecular formula is C13H20BrFN2O2S. The zero-order valence-corrected chi connectivity index (χ0v) is 14.0. The van der Waals surface area contributed by atoms with Gasteiger partial charge in [-0.2, -0.15) is 0 Å². The second-order valence-corrected chi connectivity index (χ2v) is 7.69. The van der Waals surface area contributed by atoms with E-state index < -0.39 is 20.7 Å². The van der Waals surface area contributed by atoms with Crippen LogP contribution in [0.5, 0.6) is 0 Å². The Hall–Kier alpha value is -0.660. The number of unbranched alkanes of at least 4 members (excludes halogenated alkanes) is 1. The van der Waals surface area contributed by atoms with Gasteiger partial charge < -0.3 is 5.73 Å². The van der Waals surface area contributed by atoms with Crippen LogP contribution in [0.3, 0.4) is 0 Å². The summed E-state index contributed by atoms with van der Waals surface area (Å²) in [5, 5.41) is 0. The fraction of sp³-hybridized carbons (Fsp3) is 0.538. The summed E-state index contributed by atoms with van der Waals surface area (Å²) < 4.78 is 40.3. The molecule has 0 aliphatic carbocycles. The van der Waals surface area contributed by atoms with E-state index in [-0.39, 0.29) is 10.2 Å². The summed E-state index contributed by atoms with van der Waals surface area (Å²) in [6.45, 7) is 4.52. The van der Waals surface area contributed by atoms with Gasteiger partial charge in [-0.3, -0.25) is 0 Å². The van der Waals surface area contributed by atoms with Gasteiger partial charge in [0.2, 0.25) is 10.0 Å². The molecule has 0 aromatic heterocycles. The first-order valence-corrected chi connectivity index (χ1v) is 8.76. The third-order valence-electron chi connectivity index (χ3n) is 2.81. The third-order valence-corrected chi connectivity index (χ3v) is 4.84. The van der Waals surface area contributed by atoms with Crippen molar-refractivity contribution in [2.24, 2.45) is 5.92 Å². The number of halogens is 2. The minimum absolute atomic E-state index is 0.0395. The van der Waals surface area contributed by atoms with E-state index in [4.69, 9.17) is 5.73 Å². The number of hydrogen-bond donors (Lipinski definition) is 2. The van der Waals surface area contributed by atoms with Crippen molar-refractivity contribution in [2.75, 3.05) is 12.3 Å². The molecule has 0 saturated heterocycles. The lowest BCUT2D eigenvalue weighted by atomic mass is 10.1. The fourth-order valence-corrected chi connectivity index (χ4v) is 3.56. The van der Waals surface area contributed by atoms with Crippen LogP contribution in [0.1, 0.15) is 33.1 Å². The molecule has 0 radical (unpaired) electrons. The third kappa shape index (κ3) is 5.03. The average Bonchev–Trinajstić information content (AvgIpc) is 2.32. The molecule has 0 bridgehead atoms. The lowest BCUT2D eigenvalue weighted by Gasteiger charge is -2.10. The second kappa shape index (κ2) is 7.38. The summed E-state index contributed by atoms with van der Waals surface area (Å²) in [6.07, 6.45) is 2.70. The van der Waals surface area contributed by atoms with Gasteiger partial charge in [0.15, 0.2) is 5.82 Å². The van der Waals surface area contributed by atoms with Crippen molar-refractivity contribution in [3.05, 3.63) is 22.4 Å². The highest BCUT2D eigenvalue weighted by molar-refractivity contribution is 9.10. The average molecular weight is 367 g/mol. The molecule has 0 aliphatic heterocycles. The van der Waals surface area contributed by atoms with E-state index in [9.17, 15) is 12.8 Å². The fourth-order valence-electron chi connectivity index (χ4n) is 1.74. The normalized spacial score (nSPS) is 12.1. The molecule has 0 aliphatic rings. The molecule has 0 spiro atoms. The molecule has 0 saturated carbocycles. The zero-order valence-electron chi connectivity index (χ0n) is 11.6. The number of nitrogen functional groups attached to an aromatic ring is 1. The van der Waals surface area contributed by atoms with Gasteiger partial charge in [0.1, 0.15) is 4.90 Å². The highest BCUT2D eigenvalue weighted by Crippen LogP contribution is 2.25. The number of sulfonamides is 1. The Labute approximate surface area is 128 Å². The van der Waals surface area contributed by atoms with Crippen LogP contribution in [0.4, 0.5) is 10.1 Å². The van der Waals surface area contributed by atoms with Crippen LogP contribution >= 0.6 is 15.9 Å². The van der Waals surface area contributed by atoms with Crippen molar-refractivity contribution in [1.82, 2.24) is 4.72 Å². The van der Waals surface area contributed by atoms with Crippen molar-refractivity contribution >= 4 is 31.6 Å². The summed E-state index contributed by atoms with van der Waals surface area (Å²) in [5.74, 6) is -0.234. The van der Waals surface area contributed by atoms with Crippen molar-refractivity contribution in [1.29, 1.82) is 0 Å². The number of nitrogens with one attached hydrogen (secondary N) is 1. The monoisotopic (exact) mass is 366 g/mol. The maximum atomic E-state index is 13.8. The summed E-state index contributed by atoms with van der Waals surface area (Å²) in [5.41, 5.74) is 5.74. The molecule has 0 heterocycles. The molecule has 0 atom stereocenters.